The van der Waals surface area contributed by atoms with Gasteiger partial charge in [0.2, 0.25) is 0 Å². The maximum absolute atomic E-state index is 13.4. The van der Waals surface area contributed by atoms with Gasteiger partial charge in [0.15, 0.2) is 0 Å². The number of hydrogen-bond donors (Lipinski definition) is 1. The molecule has 0 aromatic heterocycles. The van der Waals surface area contributed by atoms with Gasteiger partial charge in [-0.1, -0.05) is 6.07 Å². The summed E-state index contributed by atoms with van der Waals surface area (Å²) in [6.45, 7) is 5.16. The third-order valence-electron chi connectivity index (χ3n) is 2.16. The van der Waals surface area contributed by atoms with E-state index < -0.39 is 29.2 Å². The van der Waals surface area contributed by atoms with Crippen LogP contribution in [-0.4, -0.2) is 17.6 Å². The third-order valence-corrected chi connectivity index (χ3v) is 2.16. The Morgan fingerprint density at radius 1 is 1.39 bits per heavy atom. The summed E-state index contributed by atoms with van der Waals surface area (Å²) in [6, 6.07) is 2.19. The van der Waals surface area contributed by atoms with E-state index in [1.165, 1.54) is 6.07 Å². The molecule has 0 saturated carbocycles. The molecule has 0 bridgehead atoms. The first-order chi connectivity index (χ1) is 8.19. The van der Waals surface area contributed by atoms with Crippen LogP contribution in [-0.2, 0) is 16.0 Å². The minimum Gasteiger partial charge on any atom is -0.459 e. The standard InChI is InChI=1S/C13H17F2NO2/c1-13(2,3)18-12(17)11(16)6-8-4-5-9(14)7-10(8)15/h4-5,7,11H,6,16H2,1-3H3/t11-/m1/s1. The van der Waals surface area contributed by atoms with Crippen LogP contribution in [0.1, 0.15) is 26.3 Å². The predicted octanol–water partition coefficient (Wildman–Crippen LogP) is 2.18. The van der Waals surface area contributed by atoms with E-state index in [-0.39, 0.29) is 12.0 Å². The van der Waals surface area contributed by atoms with Crippen molar-refractivity contribution >= 4 is 5.97 Å². The van der Waals surface area contributed by atoms with Crippen molar-refractivity contribution in [2.45, 2.75) is 38.8 Å². The number of carbonyl (C=O) groups excluding carboxylic acids is 1. The summed E-state index contributed by atoms with van der Waals surface area (Å²) in [5.74, 6) is -1.98. The monoisotopic (exact) mass is 257 g/mol. The Bertz CT molecular complexity index is 441. The molecule has 0 aliphatic rings. The number of halogens is 2. The first-order valence-corrected chi connectivity index (χ1v) is 5.61. The summed E-state index contributed by atoms with van der Waals surface area (Å²) >= 11 is 0. The number of hydrogen-bond acceptors (Lipinski definition) is 3. The predicted molar refractivity (Wildman–Crippen MR) is 63.9 cm³/mol. The van der Waals surface area contributed by atoms with Crippen molar-refractivity contribution < 1.29 is 18.3 Å². The molecule has 0 fully saturated rings. The lowest BCUT2D eigenvalue weighted by Crippen LogP contribution is -2.39. The van der Waals surface area contributed by atoms with Crippen LogP contribution in [0.5, 0.6) is 0 Å². The van der Waals surface area contributed by atoms with Gasteiger partial charge in [-0.05, 0) is 32.4 Å². The Balaban J connectivity index is 2.69. The van der Waals surface area contributed by atoms with Crippen LogP contribution in [0.15, 0.2) is 18.2 Å². The van der Waals surface area contributed by atoms with E-state index in [1.807, 2.05) is 0 Å². The third kappa shape index (κ3) is 4.41. The van der Waals surface area contributed by atoms with Gasteiger partial charge in [0.25, 0.3) is 0 Å². The number of ether oxygens (including phenoxy) is 1. The Kier molecular flexibility index (Phi) is 4.40. The van der Waals surface area contributed by atoms with Gasteiger partial charge in [-0.3, -0.25) is 4.79 Å². The maximum atomic E-state index is 13.4. The van der Waals surface area contributed by atoms with E-state index in [0.29, 0.717) is 0 Å². The molecule has 3 nitrogen and oxygen atoms in total. The highest BCUT2D eigenvalue weighted by atomic mass is 19.1. The molecule has 0 spiro atoms. The average molecular weight is 257 g/mol. The van der Waals surface area contributed by atoms with Crippen molar-refractivity contribution in [1.82, 2.24) is 0 Å². The van der Waals surface area contributed by atoms with Gasteiger partial charge >= 0.3 is 5.97 Å². The molecule has 1 aromatic rings. The van der Waals surface area contributed by atoms with Gasteiger partial charge in [0.1, 0.15) is 23.3 Å². The van der Waals surface area contributed by atoms with Crippen LogP contribution in [0.3, 0.4) is 0 Å². The molecule has 0 radical (unpaired) electrons. The van der Waals surface area contributed by atoms with Crippen molar-refractivity contribution in [1.29, 1.82) is 0 Å². The molecule has 0 unspecified atom stereocenters. The minimum absolute atomic E-state index is 0.0268. The van der Waals surface area contributed by atoms with Gasteiger partial charge in [-0.15, -0.1) is 0 Å². The fourth-order valence-corrected chi connectivity index (χ4v) is 1.38. The van der Waals surface area contributed by atoms with Gasteiger partial charge in [0, 0.05) is 12.5 Å². The molecule has 1 rings (SSSR count). The molecule has 1 aromatic carbocycles. The van der Waals surface area contributed by atoms with Crippen LogP contribution in [0, 0.1) is 11.6 Å². The zero-order valence-corrected chi connectivity index (χ0v) is 10.7. The first-order valence-electron chi connectivity index (χ1n) is 5.61. The second-order valence-corrected chi connectivity index (χ2v) is 5.08. The van der Waals surface area contributed by atoms with E-state index in [1.54, 1.807) is 20.8 Å². The fraction of sp³-hybridized carbons (Fsp3) is 0.462. The quantitative estimate of drug-likeness (QED) is 0.844. The SMILES string of the molecule is CC(C)(C)OC(=O)[C@H](N)Cc1ccc(F)cc1F. The van der Waals surface area contributed by atoms with E-state index >= 15 is 0 Å². The largest absolute Gasteiger partial charge is 0.459 e. The van der Waals surface area contributed by atoms with Crippen LogP contribution < -0.4 is 5.73 Å². The lowest BCUT2D eigenvalue weighted by molar-refractivity contribution is -0.156. The van der Waals surface area contributed by atoms with Gasteiger partial charge in [-0.2, -0.15) is 0 Å². The Morgan fingerprint density at radius 3 is 2.50 bits per heavy atom. The highest BCUT2D eigenvalue weighted by Crippen LogP contribution is 2.13. The number of carbonyl (C=O) groups is 1. The average Bonchev–Trinajstić information content (AvgIpc) is 2.19. The van der Waals surface area contributed by atoms with Gasteiger partial charge in [0.05, 0.1) is 0 Å². The van der Waals surface area contributed by atoms with Crippen molar-refractivity contribution in [3.05, 3.63) is 35.4 Å². The molecule has 1 atom stereocenters. The molecule has 2 N–H and O–H groups in total. The fourth-order valence-electron chi connectivity index (χ4n) is 1.38. The van der Waals surface area contributed by atoms with Crippen LogP contribution in [0.25, 0.3) is 0 Å². The molecule has 0 aliphatic carbocycles. The summed E-state index contributed by atoms with van der Waals surface area (Å²) in [6.07, 6.45) is -0.0268. The zero-order chi connectivity index (χ0) is 13.9. The van der Waals surface area contributed by atoms with Crippen molar-refractivity contribution in [3.8, 4) is 0 Å². The van der Waals surface area contributed by atoms with E-state index in [2.05, 4.69) is 0 Å². The summed E-state index contributed by atoms with van der Waals surface area (Å²) in [4.78, 5) is 11.6. The van der Waals surface area contributed by atoms with Crippen molar-refractivity contribution in [3.63, 3.8) is 0 Å². The molecule has 18 heavy (non-hydrogen) atoms. The van der Waals surface area contributed by atoms with Crippen LogP contribution in [0.2, 0.25) is 0 Å². The van der Waals surface area contributed by atoms with E-state index in [9.17, 15) is 13.6 Å². The molecule has 0 heterocycles. The number of nitrogens with two attached hydrogens (primary N) is 1. The minimum atomic E-state index is -0.968. The highest BCUT2D eigenvalue weighted by molar-refractivity contribution is 5.76. The molecule has 5 heteroatoms. The Hall–Kier alpha value is -1.49. The lowest BCUT2D eigenvalue weighted by Gasteiger charge is -2.22. The van der Waals surface area contributed by atoms with Gasteiger partial charge < -0.3 is 10.5 Å². The highest BCUT2D eigenvalue weighted by Gasteiger charge is 2.23. The molecular weight excluding hydrogens is 240 g/mol. The molecule has 100 valence electrons. The number of esters is 1. The topological polar surface area (TPSA) is 52.3 Å². The van der Waals surface area contributed by atoms with E-state index in [4.69, 9.17) is 10.5 Å². The van der Waals surface area contributed by atoms with E-state index in [0.717, 1.165) is 12.1 Å². The Labute approximate surface area is 105 Å². The smallest absolute Gasteiger partial charge is 0.323 e. The second-order valence-electron chi connectivity index (χ2n) is 5.08. The number of benzene rings is 1. The molecular formula is C13H17F2NO2. The molecule has 0 aliphatic heterocycles. The zero-order valence-electron chi connectivity index (χ0n) is 10.7. The summed E-state index contributed by atoms with van der Waals surface area (Å²) in [7, 11) is 0. The summed E-state index contributed by atoms with van der Waals surface area (Å²) < 4.78 is 31.1. The maximum Gasteiger partial charge on any atom is 0.323 e. The Morgan fingerprint density at radius 2 is 2.00 bits per heavy atom. The van der Waals surface area contributed by atoms with Gasteiger partial charge in [-0.25, -0.2) is 8.78 Å². The summed E-state index contributed by atoms with van der Waals surface area (Å²) in [5.41, 5.74) is 5.18. The van der Waals surface area contributed by atoms with Crippen LogP contribution in [0.4, 0.5) is 8.78 Å². The normalized spacial score (nSPS) is 13.2. The molecule has 0 amide bonds. The summed E-state index contributed by atoms with van der Waals surface area (Å²) in [5, 5.41) is 0. The van der Waals surface area contributed by atoms with Crippen molar-refractivity contribution in [2.24, 2.45) is 5.73 Å². The first kappa shape index (κ1) is 14.6. The number of rotatable bonds is 3. The van der Waals surface area contributed by atoms with Crippen molar-refractivity contribution in [2.75, 3.05) is 0 Å². The lowest BCUT2D eigenvalue weighted by atomic mass is 10.1. The van der Waals surface area contributed by atoms with Crippen LogP contribution >= 0.6 is 0 Å². The molecule has 0 saturated heterocycles. The second kappa shape index (κ2) is 5.44.